The van der Waals surface area contributed by atoms with Crippen molar-refractivity contribution >= 4 is 32.9 Å². The first-order valence-electron chi connectivity index (χ1n) is 4.19. The number of benzene rings is 1. The topological polar surface area (TPSA) is 40.7 Å². The standard InChI is InChI=1S/C9H10BrN3/c1-2-11-9-12-7-5-3-4-6(10)8(7)13-9/h3-5H,2H2,1H3,(H2,11,12,13). The number of hydrogen-bond donors (Lipinski definition) is 2. The molecule has 0 saturated carbocycles. The molecule has 0 radical (unpaired) electrons. The monoisotopic (exact) mass is 239 g/mol. The highest BCUT2D eigenvalue weighted by molar-refractivity contribution is 9.10. The van der Waals surface area contributed by atoms with E-state index < -0.39 is 0 Å². The highest BCUT2D eigenvalue weighted by atomic mass is 79.9. The van der Waals surface area contributed by atoms with Crippen LogP contribution in [-0.2, 0) is 0 Å². The SMILES string of the molecule is CCNc1nc2c(Br)cccc2[nH]1. The molecule has 1 heterocycles. The lowest BCUT2D eigenvalue weighted by molar-refractivity contribution is 1.14. The lowest BCUT2D eigenvalue weighted by Crippen LogP contribution is -1.97. The van der Waals surface area contributed by atoms with E-state index in [0.717, 1.165) is 28.0 Å². The largest absolute Gasteiger partial charge is 0.356 e. The van der Waals surface area contributed by atoms with Crippen molar-refractivity contribution in [3.63, 3.8) is 0 Å². The predicted octanol–water partition coefficient (Wildman–Crippen LogP) is 2.76. The fraction of sp³-hybridized carbons (Fsp3) is 0.222. The second-order valence-corrected chi connectivity index (χ2v) is 3.61. The molecule has 2 N–H and O–H groups in total. The summed E-state index contributed by atoms with van der Waals surface area (Å²) >= 11 is 3.45. The number of fused-ring (bicyclic) bond motifs is 1. The Morgan fingerprint density at radius 2 is 2.38 bits per heavy atom. The van der Waals surface area contributed by atoms with Crippen LogP contribution >= 0.6 is 15.9 Å². The van der Waals surface area contributed by atoms with Crippen molar-refractivity contribution < 1.29 is 0 Å². The van der Waals surface area contributed by atoms with Crippen LogP contribution in [-0.4, -0.2) is 16.5 Å². The number of hydrogen-bond acceptors (Lipinski definition) is 2. The van der Waals surface area contributed by atoms with Gasteiger partial charge in [0.05, 0.1) is 5.52 Å². The second kappa shape index (κ2) is 3.38. The number of imidazole rings is 1. The normalized spacial score (nSPS) is 10.6. The predicted molar refractivity (Wildman–Crippen MR) is 58.0 cm³/mol. The van der Waals surface area contributed by atoms with Crippen molar-refractivity contribution in [2.45, 2.75) is 6.92 Å². The molecular weight excluding hydrogens is 230 g/mol. The van der Waals surface area contributed by atoms with Crippen molar-refractivity contribution in [1.29, 1.82) is 0 Å². The Morgan fingerprint density at radius 1 is 1.54 bits per heavy atom. The molecule has 68 valence electrons. The van der Waals surface area contributed by atoms with E-state index in [0.29, 0.717) is 0 Å². The summed E-state index contributed by atoms with van der Waals surface area (Å²) in [4.78, 5) is 7.57. The molecule has 3 nitrogen and oxygen atoms in total. The Hall–Kier alpha value is -1.03. The Morgan fingerprint density at radius 3 is 3.08 bits per heavy atom. The van der Waals surface area contributed by atoms with Gasteiger partial charge in [-0.05, 0) is 35.0 Å². The molecule has 0 amide bonds. The molecule has 13 heavy (non-hydrogen) atoms. The zero-order valence-corrected chi connectivity index (χ0v) is 8.85. The number of rotatable bonds is 2. The minimum absolute atomic E-state index is 0.824. The Bertz CT molecular complexity index is 422. The summed E-state index contributed by atoms with van der Waals surface area (Å²) in [5.41, 5.74) is 2.02. The molecule has 2 aromatic rings. The van der Waals surface area contributed by atoms with Gasteiger partial charge in [-0.3, -0.25) is 0 Å². The van der Waals surface area contributed by atoms with Crippen LogP contribution < -0.4 is 5.32 Å². The number of halogens is 1. The van der Waals surface area contributed by atoms with Crippen LogP contribution in [0.2, 0.25) is 0 Å². The first-order valence-corrected chi connectivity index (χ1v) is 4.98. The minimum Gasteiger partial charge on any atom is -0.356 e. The van der Waals surface area contributed by atoms with Gasteiger partial charge in [0, 0.05) is 11.0 Å². The molecule has 0 aliphatic carbocycles. The maximum Gasteiger partial charge on any atom is 0.201 e. The van der Waals surface area contributed by atoms with Crippen molar-refractivity contribution in [3.8, 4) is 0 Å². The summed E-state index contributed by atoms with van der Waals surface area (Å²) in [7, 11) is 0. The van der Waals surface area contributed by atoms with Gasteiger partial charge >= 0.3 is 0 Å². The van der Waals surface area contributed by atoms with Crippen LogP contribution in [0.15, 0.2) is 22.7 Å². The van der Waals surface area contributed by atoms with Gasteiger partial charge in [-0.15, -0.1) is 0 Å². The molecular formula is C9H10BrN3. The number of aromatic nitrogens is 2. The molecule has 1 aromatic carbocycles. The van der Waals surface area contributed by atoms with E-state index in [-0.39, 0.29) is 0 Å². The molecule has 0 fully saturated rings. The van der Waals surface area contributed by atoms with Crippen molar-refractivity contribution in [2.24, 2.45) is 0 Å². The molecule has 4 heteroatoms. The van der Waals surface area contributed by atoms with Gasteiger partial charge in [0.15, 0.2) is 0 Å². The number of H-pyrrole nitrogens is 1. The lowest BCUT2D eigenvalue weighted by atomic mass is 10.3. The number of nitrogens with zero attached hydrogens (tertiary/aromatic N) is 1. The smallest absolute Gasteiger partial charge is 0.201 e. The molecule has 2 rings (SSSR count). The van der Waals surface area contributed by atoms with E-state index in [4.69, 9.17) is 0 Å². The molecule has 0 unspecified atom stereocenters. The first kappa shape index (κ1) is 8.56. The highest BCUT2D eigenvalue weighted by Crippen LogP contribution is 2.22. The quantitative estimate of drug-likeness (QED) is 0.847. The van der Waals surface area contributed by atoms with Crippen molar-refractivity contribution in [1.82, 2.24) is 9.97 Å². The van der Waals surface area contributed by atoms with E-state index in [2.05, 4.69) is 31.2 Å². The van der Waals surface area contributed by atoms with E-state index in [1.54, 1.807) is 0 Å². The second-order valence-electron chi connectivity index (χ2n) is 2.75. The van der Waals surface area contributed by atoms with Crippen LogP contribution in [0, 0.1) is 0 Å². The van der Waals surface area contributed by atoms with Gasteiger partial charge in [-0.2, -0.15) is 0 Å². The van der Waals surface area contributed by atoms with Crippen LogP contribution in [0.5, 0.6) is 0 Å². The fourth-order valence-electron chi connectivity index (χ4n) is 1.25. The maximum atomic E-state index is 4.39. The third-order valence-corrected chi connectivity index (χ3v) is 2.45. The van der Waals surface area contributed by atoms with E-state index >= 15 is 0 Å². The third kappa shape index (κ3) is 1.54. The molecule has 0 aliphatic rings. The van der Waals surface area contributed by atoms with Gasteiger partial charge in [0.1, 0.15) is 5.52 Å². The Labute approximate surface area is 84.7 Å². The Kier molecular flexibility index (Phi) is 2.22. The fourth-order valence-corrected chi connectivity index (χ4v) is 1.70. The average molecular weight is 240 g/mol. The highest BCUT2D eigenvalue weighted by Gasteiger charge is 2.03. The van der Waals surface area contributed by atoms with E-state index in [1.165, 1.54) is 0 Å². The molecule has 0 atom stereocenters. The molecule has 0 bridgehead atoms. The summed E-state index contributed by atoms with van der Waals surface area (Å²) in [6.45, 7) is 2.92. The average Bonchev–Trinajstić information content (AvgIpc) is 2.49. The third-order valence-electron chi connectivity index (χ3n) is 1.81. The maximum absolute atomic E-state index is 4.39. The van der Waals surface area contributed by atoms with Gasteiger partial charge < -0.3 is 10.3 Å². The van der Waals surface area contributed by atoms with Crippen LogP contribution in [0.4, 0.5) is 5.95 Å². The summed E-state index contributed by atoms with van der Waals surface area (Å²) in [5.74, 6) is 0.824. The summed E-state index contributed by atoms with van der Waals surface area (Å²) in [6.07, 6.45) is 0. The van der Waals surface area contributed by atoms with Crippen molar-refractivity contribution in [3.05, 3.63) is 22.7 Å². The summed E-state index contributed by atoms with van der Waals surface area (Å²) in [6, 6.07) is 5.98. The van der Waals surface area contributed by atoms with Crippen molar-refractivity contribution in [2.75, 3.05) is 11.9 Å². The number of anilines is 1. The van der Waals surface area contributed by atoms with Gasteiger partial charge in [-0.1, -0.05) is 6.07 Å². The molecule has 0 spiro atoms. The van der Waals surface area contributed by atoms with E-state index in [1.807, 2.05) is 25.1 Å². The minimum atomic E-state index is 0.824. The van der Waals surface area contributed by atoms with Crippen LogP contribution in [0.1, 0.15) is 6.92 Å². The zero-order chi connectivity index (χ0) is 9.26. The number of nitrogens with one attached hydrogen (secondary N) is 2. The Balaban J connectivity index is 2.55. The summed E-state index contributed by atoms with van der Waals surface area (Å²) < 4.78 is 1.02. The van der Waals surface area contributed by atoms with Gasteiger partial charge in [0.25, 0.3) is 0 Å². The van der Waals surface area contributed by atoms with Gasteiger partial charge in [-0.25, -0.2) is 4.98 Å². The number of para-hydroxylation sites is 1. The lowest BCUT2D eigenvalue weighted by Gasteiger charge is -1.93. The molecule has 0 saturated heterocycles. The van der Waals surface area contributed by atoms with Gasteiger partial charge in [0.2, 0.25) is 5.95 Å². The summed E-state index contributed by atoms with van der Waals surface area (Å²) in [5, 5.41) is 3.14. The zero-order valence-electron chi connectivity index (χ0n) is 7.26. The van der Waals surface area contributed by atoms with Crippen LogP contribution in [0.3, 0.4) is 0 Å². The molecule has 1 aromatic heterocycles. The van der Waals surface area contributed by atoms with Crippen LogP contribution in [0.25, 0.3) is 11.0 Å². The van der Waals surface area contributed by atoms with E-state index in [9.17, 15) is 0 Å². The number of aromatic amines is 1. The molecule has 0 aliphatic heterocycles. The first-order chi connectivity index (χ1) is 6.31.